The van der Waals surface area contributed by atoms with Crippen LogP contribution in [0.4, 0.5) is 17.1 Å². The van der Waals surface area contributed by atoms with Crippen molar-refractivity contribution >= 4 is 32.8 Å². The zero-order valence-corrected chi connectivity index (χ0v) is 19.9. The molecule has 0 saturated carbocycles. The number of nitrogens with zero attached hydrogens (tertiary/aromatic N) is 3. The Hall–Kier alpha value is -4.50. The van der Waals surface area contributed by atoms with Gasteiger partial charge in [-0.3, -0.25) is 19.8 Å². The van der Waals surface area contributed by atoms with Crippen LogP contribution in [0.2, 0.25) is 0 Å². The molecule has 4 aromatic carbocycles. The van der Waals surface area contributed by atoms with Crippen molar-refractivity contribution in [2.75, 3.05) is 9.73 Å². The van der Waals surface area contributed by atoms with Gasteiger partial charge in [0.15, 0.2) is 0 Å². The maximum Gasteiger partial charge on any atom is 0.274 e. The van der Waals surface area contributed by atoms with E-state index in [2.05, 4.69) is 4.72 Å². The van der Waals surface area contributed by atoms with Crippen LogP contribution in [0.3, 0.4) is 0 Å². The third kappa shape index (κ3) is 4.69. The number of nitro benzene ring substituents is 1. The Morgan fingerprint density at radius 2 is 1.53 bits per heavy atom. The zero-order chi connectivity index (χ0) is 25.1. The van der Waals surface area contributed by atoms with Gasteiger partial charge in [0.25, 0.3) is 15.7 Å². The maximum atomic E-state index is 13.0. The minimum absolute atomic E-state index is 0.0169. The summed E-state index contributed by atoms with van der Waals surface area (Å²) in [4.78, 5) is 11.5. The molecular weight excluding hydrogens is 476 g/mol. The van der Waals surface area contributed by atoms with Gasteiger partial charge in [-0.1, -0.05) is 60.7 Å². The van der Waals surface area contributed by atoms with E-state index in [1.807, 2.05) is 36.4 Å². The summed E-state index contributed by atoms with van der Waals surface area (Å²) in [6, 6.07) is 30.9. The molecule has 0 aliphatic carbocycles. The molecule has 1 N–H and O–H groups in total. The third-order valence-electron chi connectivity index (χ3n) is 5.93. The smallest absolute Gasteiger partial charge is 0.274 e. The SMILES string of the molecule is O=[N+]([O-])c1ccccc1C1CC(c2cccc(S(=O)(=O)Nc3ccccc3)c2)=NN1c1ccccc1. The molecule has 0 fully saturated rings. The standard InChI is InChI=1S/C27H22N4O4S/c32-31(33)26-17-8-7-16-24(26)27-19-25(28-30(27)22-13-5-2-6-14-22)20-10-9-15-23(18-20)36(34,35)29-21-11-3-1-4-12-21/h1-18,27,29H,19H2. The Balaban J connectivity index is 1.53. The van der Waals surface area contributed by atoms with Crippen LogP contribution >= 0.6 is 0 Å². The van der Waals surface area contributed by atoms with Gasteiger partial charge in [-0.15, -0.1) is 0 Å². The van der Waals surface area contributed by atoms with Gasteiger partial charge in [0.1, 0.15) is 0 Å². The van der Waals surface area contributed by atoms with Crippen molar-refractivity contribution in [1.82, 2.24) is 0 Å². The molecule has 1 unspecified atom stereocenters. The zero-order valence-electron chi connectivity index (χ0n) is 19.1. The van der Waals surface area contributed by atoms with Gasteiger partial charge in [-0.25, -0.2) is 8.42 Å². The number of para-hydroxylation sites is 3. The van der Waals surface area contributed by atoms with Crippen LogP contribution < -0.4 is 9.73 Å². The molecular formula is C27H22N4O4S. The summed E-state index contributed by atoms with van der Waals surface area (Å²) in [7, 11) is -3.82. The molecule has 0 spiro atoms. The van der Waals surface area contributed by atoms with Gasteiger partial charge in [0, 0.05) is 18.2 Å². The summed E-state index contributed by atoms with van der Waals surface area (Å²) in [5.74, 6) is 0. The lowest BCUT2D eigenvalue weighted by atomic mass is 9.97. The predicted octanol–water partition coefficient (Wildman–Crippen LogP) is 5.75. The van der Waals surface area contributed by atoms with Crippen LogP contribution in [0, 0.1) is 10.1 Å². The van der Waals surface area contributed by atoms with Crippen molar-refractivity contribution in [1.29, 1.82) is 0 Å². The normalized spacial score (nSPS) is 15.4. The molecule has 0 saturated heterocycles. The van der Waals surface area contributed by atoms with Crippen molar-refractivity contribution in [2.24, 2.45) is 5.10 Å². The fourth-order valence-corrected chi connectivity index (χ4v) is 5.35. The molecule has 0 aromatic heterocycles. The molecule has 0 radical (unpaired) electrons. The second-order valence-corrected chi connectivity index (χ2v) is 9.94. The molecule has 0 amide bonds. The Bertz CT molecular complexity index is 1540. The summed E-state index contributed by atoms with van der Waals surface area (Å²) >= 11 is 0. The van der Waals surface area contributed by atoms with Crippen molar-refractivity contribution in [3.63, 3.8) is 0 Å². The lowest BCUT2D eigenvalue weighted by Gasteiger charge is -2.23. The lowest BCUT2D eigenvalue weighted by molar-refractivity contribution is -0.385. The van der Waals surface area contributed by atoms with Crippen LogP contribution in [-0.4, -0.2) is 19.1 Å². The fraction of sp³-hybridized carbons (Fsp3) is 0.0741. The highest BCUT2D eigenvalue weighted by Crippen LogP contribution is 2.40. The Morgan fingerprint density at radius 1 is 0.861 bits per heavy atom. The highest BCUT2D eigenvalue weighted by atomic mass is 32.2. The second-order valence-electron chi connectivity index (χ2n) is 8.26. The van der Waals surface area contributed by atoms with Gasteiger partial charge < -0.3 is 0 Å². The Morgan fingerprint density at radius 3 is 2.25 bits per heavy atom. The first kappa shape index (κ1) is 23.3. The molecule has 0 bridgehead atoms. The molecule has 1 heterocycles. The average molecular weight is 499 g/mol. The molecule has 8 nitrogen and oxygen atoms in total. The first-order chi connectivity index (χ1) is 17.4. The van der Waals surface area contributed by atoms with Gasteiger partial charge in [0.2, 0.25) is 0 Å². The van der Waals surface area contributed by atoms with Crippen LogP contribution in [-0.2, 0) is 10.0 Å². The quantitative estimate of drug-likeness (QED) is 0.258. The van der Waals surface area contributed by atoms with Gasteiger partial charge in [-0.2, -0.15) is 5.10 Å². The number of anilines is 2. The number of nitro groups is 1. The predicted molar refractivity (Wildman–Crippen MR) is 140 cm³/mol. The van der Waals surface area contributed by atoms with E-state index in [0.29, 0.717) is 28.9 Å². The van der Waals surface area contributed by atoms with Crippen molar-refractivity contribution in [2.45, 2.75) is 17.4 Å². The third-order valence-corrected chi connectivity index (χ3v) is 7.31. The number of rotatable bonds is 7. The highest BCUT2D eigenvalue weighted by molar-refractivity contribution is 7.92. The van der Waals surface area contributed by atoms with E-state index in [1.165, 1.54) is 12.1 Å². The minimum atomic E-state index is -3.82. The maximum absolute atomic E-state index is 13.0. The number of hydrazone groups is 1. The molecule has 5 rings (SSSR count). The summed E-state index contributed by atoms with van der Waals surface area (Å²) in [5.41, 5.74) is 3.08. The van der Waals surface area contributed by atoms with Gasteiger partial charge >= 0.3 is 0 Å². The number of hydrogen-bond acceptors (Lipinski definition) is 6. The molecule has 36 heavy (non-hydrogen) atoms. The van der Waals surface area contributed by atoms with E-state index in [0.717, 1.165) is 5.69 Å². The molecule has 9 heteroatoms. The Kier molecular flexibility index (Phi) is 6.22. The first-order valence-corrected chi connectivity index (χ1v) is 12.7. The van der Waals surface area contributed by atoms with Crippen LogP contribution in [0.15, 0.2) is 119 Å². The Labute approximate surface area is 208 Å². The van der Waals surface area contributed by atoms with Crippen LogP contribution in [0.1, 0.15) is 23.6 Å². The molecule has 1 aliphatic rings. The van der Waals surface area contributed by atoms with Crippen LogP contribution in [0.25, 0.3) is 0 Å². The second kappa shape index (κ2) is 9.63. The minimum Gasteiger partial charge on any atom is -0.280 e. The van der Waals surface area contributed by atoms with E-state index < -0.39 is 16.1 Å². The summed E-state index contributed by atoms with van der Waals surface area (Å²) in [6.07, 6.45) is 0.370. The lowest BCUT2D eigenvalue weighted by Crippen LogP contribution is -2.19. The largest absolute Gasteiger partial charge is 0.280 e. The van der Waals surface area contributed by atoms with E-state index >= 15 is 0 Å². The summed E-state index contributed by atoms with van der Waals surface area (Å²) in [5, 5.41) is 18.3. The van der Waals surface area contributed by atoms with Crippen LogP contribution in [0.5, 0.6) is 0 Å². The topological polar surface area (TPSA) is 105 Å². The molecule has 4 aromatic rings. The first-order valence-electron chi connectivity index (χ1n) is 11.3. The van der Waals surface area contributed by atoms with Crippen molar-refractivity contribution in [3.8, 4) is 0 Å². The highest BCUT2D eigenvalue weighted by Gasteiger charge is 2.34. The average Bonchev–Trinajstić information content (AvgIpc) is 3.35. The monoisotopic (exact) mass is 498 g/mol. The summed E-state index contributed by atoms with van der Waals surface area (Å²) < 4.78 is 28.6. The van der Waals surface area contributed by atoms with Gasteiger partial charge in [-0.05, 0) is 48.0 Å². The van der Waals surface area contributed by atoms with Crippen molar-refractivity contribution < 1.29 is 13.3 Å². The number of sulfonamides is 1. The summed E-state index contributed by atoms with van der Waals surface area (Å²) in [6.45, 7) is 0. The fourth-order valence-electron chi connectivity index (χ4n) is 4.24. The number of benzene rings is 4. The van der Waals surface area contributed by atoms with E-state index in [4.69, 9.17) is 5.10 Å². The van der Waals surface area contributed by atoms with Gasteiger partial charge in [0.05, 0.1) is 32.8 Å². The van der Waals surface area contributed by atoms with E-state index in [1.54, 1.807) is 65.7 Å². The molecule has 1 atom stereocenters. The molecule has 180 valence electrons. The van der Waals surface area contributed by atoms with E-state index in [-0.39, 0.29) is 15.5 Å². The van der Waals surface area contributed by atoms with Crippen molar-refractivity contribution in [3.05, 3.63) is 130 Å². The molecule has 1 aliphatic heterocycles. The number of hydrogen-bond donors (Lipinski definition) is 1. The van der Waals surface area contributed by atoms with E-state index in [9.17, 15) is 18.5 Å². The number of nitrogens with one attached hydrogen (secondary N) is 1.